The molecule has 1 aliphatic rings. The Morgan fingerprint density at radius 3 is 3.00 bits per heavy atom. The van der Waals surface area contributed by atoms with Crippen LogP contribution in [0.1, 0.15) is 29.6 Å². The Hall–Kier alpha value is -1.44. The number of thioether (sulfide) groups is 1. The molecule has 1 atom stereocenters. The van der Waals surface area contributed by atoms with Gasteiger partial charge in [0.2, 0.25) is 5.91 Å². The fourth-order valence-corrected chi connectivity index (χ4v) is 6.18. The molecule has 0 spiro atoms. The zero-order valence-corrected chi connectivity index (χ0v) is 18.4. The molecule has 2 heterocycles. The number of carbonyl (C=O) groups is 1. The first-order chi connectivity index (χ1) is 13.0. The Morgan fingerprint density at radius 2 is 2.19 bits per heavy atom. The summed E-state index contributed by atoms with van der Waals surface area (Å²) in [4.78, 5) is 24.3. The Balaban J connectivity index is 1.57. The second-order valence-corrected chi connectivity index (χ2v) is 9.83. The van der Waals surface area contributed by atoms with E-state index in [0.29, 0.717) is 5.75 Å². The molecule has 27 heavy (non-hydrogen) atoms. The van der Waals surface area contributed by atoms with Crippen molar-refractivity contribution >= 4 is 60.8 Å². The first kappa shape index (κ1) is 18.9. The monoisotopic (exact) mass is 461 g/mol. The highest BCUT2D eigenvalue weighted by Crippen LogP contribution is 2.40. The lowest BCUT2D eigenvalue weighted by Gasteiger charge is -2.18. The minimum atomic E-state index is -0.0333. The lowest BCUT2D eigenvalue weighted by atomic mass is 9.89. The van der Waals surface area contributed by atoms with Gasteiger partial charge in [-0.2, -0.15) is 0 Å². The van der Waals surface area contributed by atoms with Crippen molar-refractivity contribution in [1.29, 1.82) is 0 Å². The number of rotatable bonds is 4. The van der Waals surface area contributed by atoms with E-state index in [1.807, 2.05) is 31.2 Å². The van der Waals surface area contributed by atoms with Crippen LogP contribution in [0.3, 0.4) is 0 Å². The van der Waals surface area contributed by atoms with Crippen LogP contribution in [0, 0.1) is 12.8 Å². The predicted octanol–water partition coefficient (Wildman–Crippen LogP) is 5.62. The van der Waals surface area contributed by atoms with Crippen molar-refractivity contribution in [3.05, 3.63) is 45.0 Å². The van der Waals surface area contributed by atoms with Gasteiger partial charge in [-0.05, 0) is 65.7 Å². The number of fused-ring (bicyclic) bond motifs is 3. The molecular formula is C20H20BrN3OS2. The minimum Gasteiger partial charge on any atom is -0.324 e. The van der Waals surface area contributed by atoms with E-state index in [0.717, 1.165) is 44.6 Å². The summed E-state index contributed by atoms with van der Waals surface area (Å²) in [6.07, 6.45) is 3.42. The van der Waals surface area contributed by atoms with Gasteiger partial charge in [0, 0.05) is 14.7 Å². The summed E-state index contributed by atoms with van der Waals surface area (Å²) in [6, 6.07) is 7.63. The predicted molar refractivity (Wildman–Crippen MR) is 117 cm³/mol. The number of amides is 1. The molecule has 0 fully saturated rings. The van der Waals surface area contributed by atoms with Crippen LogP contribution >= 0.6 is 39.0 Å². The number of carbonyl (C=O) groups excluding carboxylic acids is 1. The summed E-state index contributed by atoms with van der Waals surface area (Å²) < 4.78 is 0.879. The number of nitrogens with one attached hydrogen (secondary N) is 1. The van der Waals surface area contributed by atoms with Gasteiger partial charge in [0.05, 0.1) is 11.4 Å². The van der Waals surface area contributed by atoms with E-state index < -0.39 is 0 Å². The number of aryl methyl sites for hydroxylation is 2. The fraction of sp³-hybridized carbons (Fsp3) is 0.350. The number of benzene rings is 1. The zero-order chi connectivity index (χ0) is 19.0. The Bertz CT molecular complexity index is 1020. The number of anilines is 1. The Labute approximate surface area is 175 Å². The molecule has 0 saturated carbocycles. The SMILES string of the molecule is Cc1nc(SCC(=O)Nc2ccccc2Br)c2c3c(sc2n1)C[C@H](C)CC3. The maximum atomic E-state index is 12.4. The Kier molecular flexibility index (Phi) is 5.53. The molecule has 140 valence electrons. The number of nitrogens with zero attached hydrogens (tertiary/aromatic N) is 2. The highest BCUT2D eigenvalue weighted by molar-refractivity contribution is 9.10. The lowest BCUT2D eigenvalue weighted by Crippen LogP contribution is -2.14. The third kappa shape index (κ3) is 4.05. The van der Waals surface area contributed by atoms with Gasteiger partial charge in [0.15, 0.2) is 0 Å². The molecule has 0 bridgehead atoms. The number of thiophene rings is 1. The van der Waals surface area contributed by atoms with Gasteiger partial charge in [-0.25, -0.2) is 9.97 Å². The van der Waals surface area contributed by atoms with Crippen molar-refractivity contribution in [1.82, 2.24) is 9.97 Å². The van der Waals surface area contributed by atoms with Crippen molar-refractivity contribution in [2.45, 2.75) is 38.1 Å². The van der Waals surface area contributed by atoms with Gasteiger partial charge >= 0.3 is 0 Å². The van der Waals surface area contributed by atoms with E-state index in [4.69, 9.17) is 0 Å². The lowest BCUT2D eigenvalue weighted by molar-refractivity contribution is -0.113. The molecule has 4 rings (SSSR count). The molecule has 0 saturated heterocycles. The van der Waals surface area contributed by atoms with Crippen molar-refractivity contribution < 1.29 is 4.79 Å². The second-order valence-electron chi connectivity index (χ2n) is 6.92. The molecule has 0 unspecified atom stereocenters. The fourth-order valence-electron chi connectivity index (χ4n) is 3.40. The van der Waals surface area contributed by atoms with Gasteiger partial charge in [-0.15, -0.1) is 11.3 Å². The van der Waals surface area contributed by atoms with Crippen LogP contribution < -0.4 is 5.32 Å². The van der Waals surface area contributed by atoms with Crippen LogP contribution in [0.15, 0.2) is 33.8 Å². The summed E-state index contributed by atoms with van der Waals surface area (Å²) in [5, 5.41) is 5.07. The molecule has 0 radical (unpaired) electrons. The molecule has 4 nitrogen and oxygen atoms in total. The first-order valence-corrected chi connectivity index (χ1v) is 11.6. The van der Waals surface area contributed by atoms with Crippen molar-refractivity contribution in [3.8, 4) is 0 Å². The molecule has 2 aromatic heterocycles. The van der Waals surface area contributed by atoms with Crippen LogP contribution in [-0.2, 0) is 17.6 Å². The number of hydrogen-bond donors (Lipinski definition) is 1. The van der Waals surface area contributed by atoms with E-state index in [-0.39, 0.29) is 5.91 Å². The number of hydrogen-bond acceptors (Lipinski definition) is 5. The van der Waals surface area contributed by atoms with Crippen molar-refractivity contribution in [2.24, 2.45) is 5.92 Å². The van der Waals surface area contributed by atoms with Crippen LogP contribution in [0.2, 0.25) is 0 Å². The normalized spacial score (nSPS) is 16.3. The van der Waals surface area contributed by atoms with Gasteiger partial charge in [-0.3, -0.25) is 4.79 Å². The summed E-state index contributed by atoms with van der Waals surface area (Å²) >= 11 is 6.77. The van der Waals surface area contributed by atoms with Crippen LogP contribution in [0.25, 0.3) is 10.2 Å². The molecule has 3 aromatic rings. The van der Waals surface area contributed by atoms with E-state index in [1.165, 1.54) is 34.0 Å². The summed E-state index contributed by atoms with van der Waals surface area (Å²) in [5.74, 6) is 1.79. The summed E-state index contributed by atoms with van der Waals surface area (Å²) in [7, 11) is 0. The number of para-hydroxylation sites is 1. The molecule has 1 aliphatic carbocycles. The molecule has 1 N–H and O–H groups in total. The summed E-state index contributed by atoms with van der Waals surface area (Å²) in [6.45, 7) is 4.23. The molecule has 7 heteroatoms. The van der Waals surface area contributed by atoms with Gasteiger partial charge < -0.3 is 5.32 Å². The van der Waals surface area contributed by atoms with E-state index in [9.17, 15) is 4.79 Å². The Morgan fingerprint density at radius 1 is 1.37 bits per heavy atom. The average molecular weight is 462 g/mol. The molecule has 0 aliphatic heterocycles. The van der Waals surface area contributed by atoms with Crippen LogP contribution in [0.4, 0.5) is 5.69 Å². The highest BCUT2D eigenvalue weighted by atomic mass is 79.9. The van der Waals surface area contributed by atoms with Crippen molar-refractivity contribution in [3.63, 3.8) is 0 Å². The number of halogens is 1. The van der Waals surface area contributed by atoms with Crippen LogP contribution in [0.5, 0.6) is 0 Å². The largest absolute Gasteiger partial charge is 0.324 e. The quantitative estimate of drug-likeness (QED) is 0.404. The highest BCUT2D eigenvalue weighted by Gasteiger charge is 2.24. The zero-order valence-electron chi connectivity index (χ0n) is 15.2. The van der Waals surface area contributed by atoms with Gasteiger partial charge in [-0.1, -0.05) is 30.8 Å². The number of aromatic nitrogens is 2. The van der Waals surface area contributed by atoms with Gasteiger partial charge in [0.1, 0.15) is 15.7 Å². The third-order valence-corrected chi connectivity index (χ3v) is 7.54. The van der Waals surface area contributed by atoms with Crippen molar-refractivity contribution in [2.75, 3.05) is 11.1 Å². The van der Waals surface area contributed by atoms with Gasteiger partial charge in [0.25, 0.3) is 0 Å². The smallest absolute Gasteiger partial charge is 0.234 e. The standard InChI is InChI=1S/C20H20BrN3OS2/c1-11-7-8-13-16(9-11)27-20-18(13)19(22-12(2)23-20)26-10-17(25)24-15-6-4-3-5-14(15)21/h3-6,11H,7-10H2,1-2H3,(H,24,25)/t11-/m1/s1. The maximum absolute atomic E-state index is 12.4. The molecule has 1 amide bonds. The minimum absolute atomic E-state index is 0.0333. The summed E-state index contributed by atoms with van der Waals surface area (Å²) in [5.41, 5.74) is 2.19. The van der Waals surface area contributed by atoms with E-state index in [2.05, 4.69) is 38.1 Å². The topological polar surface area (TPSA) is 54.9 Å². The first-order valence-electron chi connectivity index (χ1n) is 8.97. The second kappa shape index (κ2) is 7.89. The van der Waals surface area contributed by atoms with E-state index in [1.54, 1.807) is 11.3 Å². The average Bonchev–Trinajstić information content (AvgIpc) is 2.98. The van der Waals surface area contributed by atoms with E-state index >= 15 is 0 Å². The molecular weight excluding hydrogens is 442 g/mol. The maximum Gasteiger partial charge on any atom is 0.234 e. The molecule has 1 aromatic carbocycles. The van der Waals surface area contributed by atoms with Crippen LogP contribution in [-0.4, -0.2) is 21.6 Å². The third-order valence-electron chi connectivity index (χ3n) is 4.72.